The topological polar surface area (TPSA) is 120 Å². The number of sulfonamides is 1. The van der Waals surface area contributed by atoms with Crippen molar-refractivity contribution in [3.63, 3.8) is 0 Å². The van der Waals surface area contributed by atoms with E-state index in [0.717, 1.165) is 5.56 Å². The minimum absolute atomic E-state index is 0.0125. The molecule has 0 radical (unpaired) electrons. The van der Waals surface area contributed by atoms with E-state index in [2.05, 4.69) is 10.1 Å². The molecule has 0 spiro atoms. The highest BCUT2D eigenvalue weighted by Gasteiger charge is 2.28. The fourth-order valence-corrected chi connectivity index (χ4v) is 4.61. The summed E-state index contributed by atoms with van der Waals surface area (Å²) in [7, 11) is -3.35. The lowest BCUT2D eigenvalue weighted by molar-refractivity contribution is 0.0475. The van der Waals surface area contributed by atoms with Gasteiger partial charge in [0.25, 0.3) is 5.89 Å². The Morgan fingerprint density at radius 2 is 1.84 bits per heavy atom. The molecule has 0 bridgehead atoms. The van der Waals surface area contributed by atoms with E-state index in [9.17, 15) is 18.0 Å². The molecule has 0 aliphatic carbocycles. The number of hydrogen-bond donors (Lipinski definition) is 0. The molecular formula is C22H21N3O6S. The zero-order valence-electron chi connectivity index (χ0n) is 17.6. The number of Topliss-reactive ketones (excluding diaryl/α,β-unsaturated/α-hetero) is 1. The van der Waals surface area contributed by atoms with E-state index in [1.807, 2.05) is 0 Å². The third-order valence-electron chi connectivity index (χ3n) is 5.18. The van der Waals surface area contributed by atoms with Crippen molar-refractivity contribution in [2.24, 2.45) is 0 Å². The van der Waals surface area contributed by atoms with Gasteiger partial charge >= 0.3 is 5.97 Å². The first kappa shape index (κ1) is 21.7. The van der Waals surface area contributed by atoms with E-state index >= 15 is 0 Å². The van der Waals surface area contributed by atoms with Crippen molar-refractivity contribution >= 4 is 27.5 Å². The second-order valence-electron chi connectivity index (χ2n) is 7.29. The minimum atomic E-state index is -3.35. The Balaban J connectivity index is 1.39. The van der Waals surface area contributed by atoms with Gasteiger partial charge in [-0.1, -0.05) is 5.16 Å². The van der Waals surface area contributed by atoms with Crippen LogP contribution in [0.15, 0.2) is 47.0 Å². The van der Waals surface area contributed by atoms with Gasteiger partial charge in [-0.2, -0.15) is 4.98 Å². The van der Waals surface area contributed by atoms with Gasteiger partial charge in [-0.15, -0.1) is 0 Å². The summed E-state index contributed by atoms with van der Waals surface area (Å²) >= 11 is 0. The van der Waals surface area contributed by atoms with Crippen LogP contribution < -0.4 is 4.31 Å². The van der Waals surface area contributed by atoms with Crippen LogP contribution in [0.2, 0.25) is 0 Å². The molecule has 3 aromatic rings. The molecule has 1 aromatic heterocycles. The Kier molecular flexibility index (Phi) is 5.79. The number of nitrogens with zero attached hydrogens (tertiary/aromatic N) is 3. The number of aromatic nitrogens is 2. The van der Waals surface area contributed by atoms with E-state index in [4.69, 9.17) is 9.26 Å². The average Bonchev–Trinajstić information content (AvgIpc) is 3.43. The number of benzene rings is 2. The maximum Gasteiger partial charge on any atom is 0.338 e. The zero-order valence-corrected chi connectivity index (χ0v) is 18.4. The number of carbonyl (C=O) groups excluding carboxylic acids is 2. The number of ketones is 1. The molecule has 2 heterocycles. The molecule has 1 aliphatic heterocycles. The molecule has 32 heavy (non-hydrogen) atoms. The summed E-state index contributed by atoms with van der Waals surface area (Å²) in [6, 6.07) is 11.3. The Labute approximate surface area is 185 Å². The SMILES string of the molecule is CCS(=O)(=O)N1CCc2cc(C(=O)COC(=O)c3ccc(-c4nc(C)no4)cc3)ccc21. The van der Waals surface area contributed by atoms with Crippen LogP contribution in [0.25, 0.3) is 11.5 Å². The molecule has 0 saturated heterocycles. The number of hydrogen-bond acceptors (Lipinski definition) is 8. The van der Waals surface area contributed by atoms with Crippen LogP contribution in [0, 0.1) is 6.92 Å². The van der Waals surface area contributed by atoms with Crippen LogP contribution in [0.1, 0.15) is 39.0 Å². The van der Waals surface area contributed by atoms with Crippen LogP contribution >= 0.6 is 0 Å². The third kappa shape index (κ3) is 4.26. The van der Waals surface area contributed by atoms with E-state index in [-0.39, 0.29) is 17.1 Å². The third-order valence-corrected chi connectivity index (χ3v) is 6.96. The highest BCUT2D eigenvalue weighted by Crippen LogP contribution is 2.31. The highest BCUT2D eigenvalue weighted by molar-refractivity contribution is 7.92. The fourth-order valence-electron chi connectivity index (χ4n) is 3.45. The summed E-state index contributed by atoms with van der Waals surface area (Å²) in [6.07, 6.45) is 0.529. The standard InChI is InChI=1S/C22H21N3O6S/c1-3-32(28,29)25-11-10-17-12-18(8-9-19(17)25)20(26)13-30-22(27)16-6-4-15(5-7-16)21-23-14(2)24-31-21/h4-9,12H,3,10-11,13H2,1-2H3. The lowest BCUT2D eigenvalue weighted by Gasteiger charge is -2.18. The van der Waals surface area contributed by atoms with Crippen LogP contribution in [0.3, 0.4) is 0 Å². The predicted molar refractivity (Wildman–Crippen MR) is 116 cm³/mol. The second kappa shape index (κ2) is 8.54. The molecule has 166 valence electrons. The van der Waals surface area contributed by atoms with E-state index in [1.54, 1.807) is 56.3 Å². The number of esters is 1. The van der Waals surface area contributed by atoms with Crippen molar-refractivity contribution < 1.29 is 27.3 Å². The number of fused-ring (bicyclic) bond motifs is 1. The quantitative estimate of drug-likeness (QED) is 0.394. The molecule has 0 unspecified atom stereocenters. The monoisotopic (exact) mass is 455 g/mol. The number of rotatable bonds is 7. The first-order valence-electron chi connectivity index (χ1n) is 10.0. The molecular weight excluding hydrogens is 434 g/mol. The largest absolute Gasteiger partial charge is 0.454 e. The van der Waals surface area contributed by atoms with Crippen molar-refractivity contribution in [3.05, 3.63) is 65.0 Å². The Bertz CT molecular complexity index is 1280. The summed E-state index contributed by atoms with van der Waals surface area (Å²) in [5.41, 5.74) is 2.69. The van der Waals surface area contributed by atoms with Gasteiger partial charge in [0.15, 0.2) is 18.2 Å². The molecule has 0 fully saturated rings. The van der Waals surface area contributed by atoms with Crippen LogP contribution in [0.5, 0.6) is 0 Å². The summed E-state index contributed by atoms with van der Waals surface area (Å²) in [6.45, 7) is 3.25. The molecule has 0 amide bonds. The first-order chi connectivity index (χ1) is 15.3. The van der Waals surface area contributed by atoms with Crippen LogP contribution in [-0.2, 0) is 21.2 Å². The van der Waals surface area contributed by atoms with Crippen LogP contribution in [-0.4, -0.2) is 49.2 Å². The van der Waals surface area contributed by atoms with E-state index in [1.165, 1.54) is 4.31 Å². The number of carbonyl (C=O) groups is 2. The van der Waals surface area contributed by atoms with Gasteiger partial charge in [0.05, 0.1) is 17.0 Å². The molecule has 0 saturated carbocycles. The van der Waals surface area contributed by atoms with Crippen molar-refractivity contribution in [2.75, 3.05) is 23.2 Å². The van der Waals surface area contributed by atoms with E-state index < -0.39 is 22.6 Å². The number of ether oxygens (including phenoxy) is 1. The second-order valence-corrected chi connectivity index (χ2v) is 9.47. The summed E-state index contributed by atoms with van der Waals surface area (Å²) in [4.78, 5) is 28.9. The molecule has 4 rings (SSSR count). The molecule has 9 nitrogen and oxygen atoms in total. The van der Waals surface area contributed by atoms with Gasteiger partial charge in [-0.25, -0.2) is 13.2 Å². The zero-order chi connectivity index (χ0) is 22.9. The number of anilines is 1. The first-order valence-corrected chi connectivity index (χ1v) is 11.6. The lowest BCUT2D eigenvalue weighted by Crippen LogP contribution is -2.30. The van der Waals surface area contributed by atoms with Gasteiger partial charge < -0.3 is 9.26 Å². The minimum Gasteiger partial charge on any atom is -0.454 e. The van der Waals surface area contributed by atoms with Gasteiger partial charge in [0.2, 0.25) is 10.0 Å². The van der Waals surface area contributed by atoms with Crippen LogP contribution in [0.4, 0.5) is 5.69 Å². The van der Waals surface area contributed by atoms with Gasteiger partial charge in [0.1, 0.15) is 0 Å². The normalized spacial score (nSPS) is 13.1. The maximum absolute atomic E-state index is 12.5. The Morgan fingerprint density at radius 1 is 1.12 bits per heavy atom. The molecule has 0 atom stereocenters. The molecule has 1 aliphatic rings. The van der Waals surface area contributed by atoms with Gasteiger partial charge in [-0.3, -0.25) is 9.10 Å². The van der Waals surface area contributed by atoms with E-state index in [0.29, 0.717) is 41.5 Å². The molecule has 2 aromatic carbocycles. The summed E-state index contributed by atoms with van der Waals surface area (Å²) in [5, 5.41) is 3.72. The van der Waals surface area contributed by atoms with Crippen molar-refractivity contribution in [2.45, 2.75) is 20.3 Å². The fraction of sp³-hybridized carbons (Fsp3) is 0.273. The lowest BCUT2D eigenvalue weighted by atomic mass is 10.1. The maximum atomic E-state index is 12.5. The summed E-state index contributed by atoms with van der Waals surface area (Å²) in [5.74, 6) is -0.129. The van der Waals surface area contributed by atoms with Gasteiger partial charge in [-0.05, 0) is 68.3 Å². The Hall–Kier alpha value is -3.53. The predicted octanol–water partition coefficient (Wildman–Crippen LogP) is 2.80. The van der Waals surface area contributed by atoms with Crippen molar-refractivity contribution in [3.8, 4) is 11.5 Å². The Morgan fingerprint density at radius 3 is 2.50 bits per heavy atom. The number of aryl methyl sites for hydroxylation is 1. The summed E-state index contributed by atoms with van der Waals surface area (Å²) < 4.78 is 36.0. The molecule has 0 N–H and O–H groups in total. The van der Waals surface area contributed by atoms with Crippen molar-refractivity contribution in [1.29, 1.82) is 0 Å². The highest BCUT2D eigenvalue weighted by atomic mass is 32.2. The van der Waals surface area contributed by atoms with Gasteiger partial charge in [0, 0.05) is 17.7 Å². The molecule has 10 heteroatoms. The smallest absolute Gasteiger partial charge is 0.338 e. The van der Waals surface area contributed by atoms with Crippen molar-refractivity contribution in [1.82, 2.24) is 10.1 Å². The average molecular weight is 455 g/mol.